The molecule has 1 amide bonds. The van der Waals surface area contributed by atoms with Crippen LogP contribution in [-0.4, -0.2) is 35.4 Å². The Balaban J connectivity index is 0.00000180. The minimum atomic E-state index is -0.989. The first-order valence-electron chi connectivity index (χ1n) is 5.72. The summed E-state index contributed by atoms with van der Waals surface area (Å²) in [4.78, 5) is 26.9. The highest BCUT2D eigenvalue weighted by atomic mass is 35.5. The number of hydrogen-bond acceptors (Lipinski definition) is 4. The summed E-state index contributed by atoms with van der Waals surface area (Å²) in [5.41, 5.74) is 0.288. The first kappa shape index (κ1) is 15.5. The molecule has 1 fully saturated rings. The normalized spacial score (nSPS) is 21.6. The van der Waals surface area contributed by atoms with Gasteiger partial charge in [-0.2, -0.15) is 0 Å². The standard InChI is InChI=1S/C12H14FN3O2.ClH/c1-7(17)9-3-2-4-11(15-9)16-12(18)10-5-8(13)6-14-10;/h2-4,8,10,14H,5-6H2,1H3,(H,15,16,18);1H/t8-,10+;/m1./s1. The average Bonchev–Trinajstić information content (AvgIpc) is 2.76. The average molecular weight is 288 g/mol. The lowest BCUT2D eigenvalue weighted by atomic mass is 10.2. The topological polar surface area (TPSA) is 71.1 Å². The van der Waals surface area contributed by atoms with E-state index in [0.29, 0.717) is 5.82 Å². The SMILES string of the molecule is CC(=O)c1cccc(NC(=O)[C@@H]2C[C@@H](F)CN2)n1.Cl. The Labute approximate surface area is 116 Å². The van der Waals surface area contributed by atoms with Crippen molar-refractivity contribution in [2.75, 3.05) is 11.9 Å². The van der Waals surface area contributed by atoms with E-state index < -0.39 is 12.2 Å². The van der Waals surface area contributed by atoms with Gasteiger partial charge in [0.2, 0.25) is 5.91 Å². The number of carbonyl (C=O) groups excluding carboxylic acids is 2. The maximum atomic E-state index is 12.9. The maximum absolute atomic E-state index is 12.9. The highest BCUT2D eigenvalue weighted by molar-refractivity contribution is 5.96. The highest BCUT2D eigenvalue weighted by Gasteiger charge is 2.29. The fourth-order valence-corrected chi connectivity index (χ4v) is 1.81. The molecule has 0 radical (unpaired) electrons. The first-order chi connectivity index (χ1) is 8.56. The molecule has 0 aromatic carbocycles. The summed E-state index contributed by atoms with van der Waals surface area (Å²) in [6, 6.07) is 4.26. The van der Waals surface area contributed by atoms with E-state index >= 15 is 0 Å². The van der Waals surface area contributed by atoms with Crippen LogP contribution in [0.5, 0.6) is 0 Å². The van der Waals surface area contributed by atoms with Gasteiger partial charge in [-0.1, -0.05) is 6.07 Å². The third kappa shape index (κ3) is 3.97. The summed E-state index contributed by atoms with van der Waals surface area (Å²) >= 11 is 0. The molecule has 0 aliphatic carbocycles. The Morgan fingerprint density at radius 3 is 2.79 bits per heavy atom. The molecule has 1 aromatic rings. The molecule has 2 heterocycles. The molecule has 0 spiro atoms. The number of Topliss-reactive ketones (excluding diaryl/α,β-unsaturated/α-hetero) is 1. The van der Waals surface area contributed by atoms with Gasteiger partial charge in [0.15, 0.2) is 5.78 Å². The lowest BCUT2D eigenvalue weighted by Gasteiger charge is -2.10. The smallest absolute Gasteiger partial charge is 0.242 e. The molecule has 0 unspecified atom stereocenters. The second-order valence-electron chi connectivity index (χ2n) is 4.25. The van der Waals surface area contributed by atoms with Crippen LogP contribution in [0, 0.1) is 0 Å². The molecule has 7 heteroatoms. The second-order valence-corrected chi connectivity index (χ2v) is 4.25. The van der Waals surface area contributed by atoms with Gasteiger partial charge in [-0.05, 0) is 12.1 Å². The van der Waals surface area contributed by atoms with Crippen LogP contribution in [-0.2, 0) is 4.79 Å². The number of halogens is 2. The van der Waals surface area contributed by atoms with Crippen molar-refractivity contribution in [3.8, 4) is 0 Å². The Morgan fingerprint density at radius 1 is 1.47 bits per heavy atom. The predicted octanol–water partition coefficient (Wildman–Crippen LogP) is 1.34. The molecule has 104 valence electrons. The van der Waals surface area contributed by atoms with Gasteiger partial charge in [0, 0.05) is 19.9 Å². The van der Waals surface area contributed by atoms with Crippen LogP contribution in [0.3, 0.4) is 0 Å². The van der Waals surface area contributed by atoms with E-state index in [0.717, 1.165) is 0 Å². The van der Waals surface area contributed by atoms with Gasteiger partial charge in [-0.3, -0.25) is 9.59 Å². The zero-order valence-corrected chi connectivity index (χ0v) is 11.2. The van der Waals surface area contributed by atoms with Gasteiger partial charge < -0.3 is 10.6 Å². The second kappa shape index (κ2) is 6.58. The summed E-state index contributed by atoms with van der Waals surface area (Å²) in [6.07, 6.45) is -0.824. The van der Waals surface area contributed by atoms with Crippen molar-refractivity contribution >= 4 is 29.9 Å². The third-order valence-electron chi connectivity index (χ3n) is 2.75. The zero-order valence-electron chi connectivity index (χ0n) is 10.4. The minimum absolute atomic E-state index is 0. The van der Waals surface area contributed by atoms with Gasteiger partial charge in [0.25, 0.3) is 0 Å². The quantitative estimate of drug-likeness (QED) is 0.823. The van der Waals surface area contributed by atoms with Crippen LogP contribution < -0.4 is 10.6 Å². The van der Waals surface area contributed by atoms with Crippen LogP contribution in [0.15, 0.2) is 18.2 Å². The molecule has 2 atom stereocenters. The molecular formula is C12H15ClFN3O2. The fourth-order valence-electron chi connectivity index (χ4n) is 1.81. The number of amides is 1. The fraction of sp³-hybridized carbons (Fsp3) is 0.417. The number of alkyl halides is 1. The molecule has 1 saturated heterocycles. The summed E-state index contributed by atoms with van der Waals surface area (Å²) in [6.45, 7) is 1.60. The molecule has 1 aliphatic rings. The van der Waals surface area contributed by atoms with Crippen molar-refractivity contribution in [1.82, 2.24) is 10.3 Å². The zero-order chi connectivity index (χ0) is 13.1. The van der Waals surface area contributed by atoms with E-state index in [9.17, 15) is 14.0 Å². The van der Waals surface area contributed by atoms with Gasteiger partial charge in [0.1, 0.15) is 17.7 Å². The van der Waals surface area contributed by atoms with Crippen molar-refractivity contribution in [2.24, 2.45) is 0 Å². The highest BCUT2D eigenvalue weighted by Crippen LogP contribution is 2.12. The summed E-state index contributed by atoms with van der Waals surface area (Å²) < 4.78 is 12.9. The van der Waals surface area contributed by atoms with Crippen molar-refractivity contribution < 1.29 is 14.0 Å². The Hall–Kier alpha value is -1.53. The molecule has 2 N–H and O–H groups in total. The van der Waals surface area contributed by atoms with Crippen LogP contribution in [0.2, 0.25) is 0 Å². The lowest BCUT2D eigenvalue weighted by molar-refractivity contribution is -0.117. The number of anilines is 1. The van der Waals surface area contributed by atoms with E-state index in [1.807, 2.05) is 0 Å². The number of aromatic nitrogens is 1. The Kier molecular flexibility index (Phi) is 5.38. The largest absolute Gasteiger partial charge is 0.309 e. The number of nitrogens with one attached hydrogen (secondary N) is 2. The Morgan fingerprint density at radius 2 is 2.21 bits per heavy atom. The third-order valence-corrected chi connectivity index (χ3v) is 2.75. The maximum Gasteiger partial charge on any atom is 0.242 e. The molecule has 5 nitrogen and oxygen atoms in total. The molecule has 0 bridgehead atoms. The number of carbonyl (C=O) groups is 2. The van der Waals surface area contributed by atoms with Crippen molar-refractivity contribution in [3.05, 3.63) is 23.9 Å². The van der Waals surface area contributed by atoms with E-state index in [-0.39, 0.29) is 42.8 Å². The van der Waals surface area contributed by atoms with Crippen molar-refractivity contribution in [2.45, 2.75) is 25.6 Å². The molecule has 1 aromatic heterocycles. The summed E-state index contributed by atoms with van der Waals surface area (Å²) in [7, 11) is 0. The molecule has 2 rings (SSSR count). The van der Waals surface area contributed by atoms with E-state index in [2.05, 4.69) is 15.6 Å². The van der Waals surface area contributed by atoms with Crippen LogP contribution >= 0.6 is 12.4 Å². The van der Waals surface area contributed by atoms with E-state index in [1.54, 1.807) is 18.2 Å². The van der Waals surface area contributed by atoms with Gasteiger partial charge in [-0.25, -0.2) is 9.37 Å². The summed E-state index contributed by atoms with van der Waals surface area (Å²) in [5, 5.41) is 5.35. The van der Waals surface area contributed by atoms with Gasteiger partial charge in [0.05, 0.1) is 6.04 Å². The molecule has 0 saturated carbocycles. The molecular weight excluding hydrogens is 273 g/mol. The van der Waals surface area contributed by atoms with Gasteiger partial charge in [-0.15, -0.1) is 12.4 Å². The lowest BCUT2D eigenvalue weighted by Crippen LogP contribution is -2.35. The molecule has 1 aliphatic heterocycles. The summed E-state index contributed by atoms with van der Waals surface area (Å²) in [5.74, 6) is -0.200. The number of ketones is 1. The first-order valence-corrected chi connectivity index (χ1v) is 5.72. The van der Waals surface area contributed by atoms with Crippen LogP contribution in [0.25, 0.3) is 0 Å². The van der Waals surface area contributed by atoms with E-state index in [1.165, 1.54) is 6.92 Å². The van der Waals surface area contributed by atoms with Crippen molar-refractivity contribution in [3.63, 3.8) is 0 Å². The van der Waals surface area contributed by atoms with Gasteiger partial charge >= 0.3 is 0 Å². The Bertz CT molecular complexity index is 484. The monoisotopic (exact) mass is 287 g/mol. The molecule has 19 heavy (non-hydrogen) atoms. The van der Waals surface area contributed by atoms with E-state index in [4.69, 9.17) is 0 Å². The predicted molar refractivity (Wildman–Crippen MR) is 71.4 cm³/mol. The van der Waals surface area contributed by atoms with Crippen molar-refractivity contribution in [1.29, 1.82) is 0 Å². The number of nitrogens with zero attached hydrogens (tertiary/aromatic N) is 1. The van der Waals surface area contributed by atoms with Crippen LogP contribution in [0.4, 0.5) is 10.2 Å². The minimum Gasteiger partial charge on any atom is -0.309 e. The number of pyridine rings is 1. The number of rotatable bonds is 3. The van der Waals surface area contributed by atoms with Crippen LogP contribution in [0.1, 0.15) is 23.8 Å². The number of hydrogen-bond donors (Lipinski definition) is 2.